The Kier molecular flexibility index (Phi) is 3.96. The molecule has 0 fully saturated rings. The summed E-state index contributed by atoms with van der Waals surface area (Å²) in [5.74, 6) is 0.595. The maximum atomic E-state index is 11.3. The van der Waals surface area contributed by atoms with Crippen molar-refractivity contribution < 1.29 is 9.53 Å². The third-order valence-corrected chi connectivity index (χ3v) is 3.36. The Labute approximate surface area is 102 Å². The van der Waals surface area contributed by atoms with Gasteiger partial charge in [-0.15, -0.1) is 11.3 Å². The SMILES string of the molecule is O=C(NCCc1ccsc1)Oc1ccsc1. The summed E-state index contributed by atoms with van der Waals surface area (Å²) < 4.78 is 5.04. The quantitative estimate of drug-likeness (QED) is 0.909. The summed E-state index contributed by atoms with van der Waals surface area (Å²) in [6.07, 6.45) is 0.441. The summed E-state index contributed by atoms with van der Waals surface area (Å²) in [5.41, 5.74) is 1.24. The number of hydrogen-bond acceptors (Lipinski definition) is 4. The monoisotopic (exact) mass is 253 g/mol. The third-order valence-electron chi connectivity index (χ3n) is 1.97. The average Bonchev–Trinajstić information content (AvgIpc) is 2.90. The van der Waals surface area contributed by atoms with E-state index in [1.807, 2.05) is 10.8 Å². The van der Waals surface area contributed by atoms with Gasteiger partial charge in [0.15, 0.2) is 0 Å². The highest BCUT2D eigenvalue weighted by atomic mass is 32.1. The van der Waals surface area contributed by atoms with Crippen LogP contribution in [-0.4, -0.2) is 12.6 Å². The molecule has 0 aliphatic rings. The maximum Gasteiger partial charge on any atom is 0.412 e. The summed E-state index contributed by atoms with van der Waals surface area (Å²) in [6, 6.07) is 3.82. The van der Waals surface area contributed by atoms with E-state index in [0.717, 1.165) is 6.42 Å². The molecule has 1 N–H and O–H groups in total. The van der Waals surface area contributed by atoms with Gasteiger partial charge in [0.05, 0.1) is 0 Å². The molecular formula is C11H11NO2S2. The molecule has 3 nitrogen and oxygen atoms in total. The number of nitrogens with one attached hydrogen (secondary N) is 1. The van der Waals surface area contributed by atoms with Crippen LogP contribution in [0.15, 0.2) is 33.7 Å². The van der Waals surface area contributed by atoms with Crippen LogP contribution in [0.25, 0.3) is 0 Å². The number of carbonyl (C=O) groups is 1. The van der Waals surface area contributed by atoms with Gasteiger partial charge in [0.1, 0.15) is 5.75 Å². The van der Waals surface area contributed by atoms with Crippen LogP contribution in [0.3, 0.4) is 0 Å². The van der Waals surface area contributed by atoms with E-state index < -0.39 is 6.09 Å². The summed E-state index contributed by atoms with van der Waals surface area (Å²) in [7, 11) is 0. The number of hydrogen-bond donors (Lipinski definition) is 1. The Morgan fingerprint density at radius 1 is 1.25 bits per heavy atom. The number of amides is 1. The lowest BCUT2D eigenvalue weighted by molar-refractivity contribution is 0.201. The molecular weight excluding hydrogens is 242 g/mol. The van der Waals surface area contributed by atoms with Crippen molar-refractivity contribution in [3.63, 3.8) is 0 Å². The van der Waals surface area contributed by atoms with Crippen LogP contribution < -0.4 is 10.1 Å². The third kappa shape index (κ3) is 3.36. The van der Waals surface area contributed by atoms with Crippen molar-refractivity contribution in [2.24, 2.45) is 0 Å². The highest BCUT2D eigenvalue weighted by Crippen LogP contribution is 2.14. The van der Waals surface area contributed by atoms with E-state index in [-0.39, 0.29) is 0 Å². The molecule has 2 heterocycles. The van der Waals surface area contributed by atoms with Crippen LogP contribution in [0.5, 0.6) is 5.75 Å². The van der Waals surface area contributed by atoms with E-state index in [9.17, 15) is 4.79 Å². The van der Waals surface area contributed by atoms with Crippen LogP contribution >= 0.6 is 22.7 Å². The number of rotatable bonds is 4. The summed E-state index contributed by atoms with van der Waals surface area (Å²) in [4.78, 5) is 11.3. The van der Waals surface area contributed by atoms with Crippen molar-refractivity contribution in [3.8, 4) is 5.75 Å². The second kappa shape index (κ2) is 5.67. The Bertz CT molecular complexity index is 423. The molecule has 16 heavy (non-hydrogen) atoms. The number of ether oxygens (including phenoxy) is 1. The van der Waals surface area contributed by atoms with E-state index >= 15 is 0 Å². The lowest BCUT2D eigenvalue weighted by Crippen LogP contribution is -2.28. The molecule has 0 aliphatic carbocycles. The molecule has 0 radical (unpaired) electrons. The molecule has 0 unspecified atom stereocenters. The molecule has 0 aromatic carbocycles. The van der Waals surface area contributed by atoms with E-state index in [4.69, 9.17) is 4.74 Å². The molecule has 2 aromatic heterocycles. The minimum atomic E-state index is -0.395. The van der Waals surface area contributed by atoms with Gasteiger partial charge >= 0.3 is 6.09 Å². The van der Waals surface area contributed by atoms with Gasteiger partial charge in [0.25, 0.3) is 0 Å². The molecule has 0 saturated carbocycles. The predicted molar refractivity (Wildman–Crippen MR) is 66.4 cm³/mol. The molecule has 0 saturated heterocycles. The summed E-state index contributed by atoms with van der Waals surface area (Å²) in [6.45, 7) is 0.597. The van der Waals surface area contributed by atoms with Crippen molar-refractivity contribution >= 4 is 28.8 Å². The molecule has 2 aromatic rings. The van der Waals surface area contributed by atoms with Gasteiger partial charge in [0, 0.05) is 11.9 Å². The Morgan fingerprint density at radius 3 is 2.75 bits per heavy atom. The van der Waals surface area contributed by atoms with Gasteiger partial charge in [-0.05, 0) is 40.3 Å². The standard InChI is InChI=1S/C11H11NO2S2/c13-11(14-10-3-6-16-8-10)12-4-1-9-2-5-15-7-9/h2-3,5-8H,1,4H2,(H,12,13). The topological polar surface area (TPSA) is 38.3 Å². The van der Waals surface area contributed by atoms with Gasteiger partial charge in [0.2, 0.25) is 0 Å². The fourth-order valence-corrected chi connectivity index (χ4v) is 2.45. The zero-order valence-corrected chi connectivity index (χ0v) is 10.1. The molecule has 0 spiro atoms. The smallest absolute Gasteiger partial charge is 0.409 e. The molecule has 84 valence electrons. The number of thiophene rings is 2. The average molecular weight is 253 g/mol. The maximum absolute atomic E-state index is 11.3. The number of carbonyl (C=O) groups excluding carboxylic acids is 1. The molecule has 0 aliphatic heterocycles. The second-order valence-electron chi connectivity index (χ2n) is 3.16. The van der Waals surface area contributed by atoms with Gasteiger partial charge < -0.3 is 10.1 Å². The normalized spacial score (nSPS) is 10.0. The van der Waals surface area contributed by atoms with Crippen LogP contribution in [0.1, 0.15) is 5.56 Å². The largest absolute Gasteiger partial charge is 0.412 e. The van der Waals surface area contributed by atoms with E-state index in [0.29, 0.717) is 12.3 Å². The van der Waals surface area contributed by atoms with E-state index in [1.54, 1.807) is 22.8 Å². The van der Waals surface area contributed by atoms with Crippen molar-refractivity contribution in [1.82, 2.24) is 5.32 Å². The van der Waals surface area contributed by atoms with Crippen molar-refractivity contribution in [3.05, 3.63) is 39.2 Å². The first-order valence-corrected chi connectivity index (χ1v) is 6.72. The predicted octanol–water partition coefficient (Wildman–Crippen LogP) is 3.14. The first kappa shape index (κ1) is 11.2. The molecule has 5 heteroatoms. The van der Waals surface area contributed by atoms with Crippen LogP contribution in [0, 0.1) is 0 Å². The molecule has 1 amide bonds. The molecule has 2 rings (SSSR count). The van der Waals surface area contributed by atoms with Crippen LogP contribution in [0.2, 0.25) is 0 Å². The minimum absolute atomic E-state index is 0.395. The molecule has 0 atom stereocenters. The first-order valence-electron chi connectivity index (χ1n) is 4.83. The van der Waals surface area contributed by atoms with Gasteiger partial charge in [-0.25, -0.2) is 4.79 Å². The lowest BCUT2D eigenvalue weighted by atomic mass is 10.2. The van der Waals surface area contributed by atoms with Crippen molar-refractivity contribution in [2.45, 2.75) is 6.42 Å². The summed E-state index contributed by atoms with van der Waals surface area (Å²) in [5, 5.41) is 10.5. The molecule has 0 bridgehead atoms. The zero-order chi connectivity index (χ0) is 11.2. The van der Waals surface area contributed by atoms with Crippen molar-refractivity contribution in [2.75, 3.05) is 6.54 Å². The van der Waals surface area contributed by atoms with Crippen LogP contribution in [0.4, 0.5) is 4.79 Å². The Morgan fingerprint density at radius 2 is 2.06 bits per heavy atom. The fourth-order valence-electron chi connectivity index (χ4n) is 1.20. The second-order valence-corrected chi connectivity index (χ2v) is 4.72. The minimum Gasteiger partial charge on any atom is -0.409 e. The highest BCUT2D eigenvalue weighted by molar-refractivity contribution is 7.08. The highest BCUT2D eigenvalue weighted by Gasteiger charge is 2.03. The first-order chi connectivity index (χ1) is 7.84. The van der Waals surface area contributed by atoms with Gasteiger partial charge in [-0.2, -0.15) is 11.3 Å². The van der Waals surface area contributed by atoms with Gasteiger partial charge in [-0.1, -0.05) is 0 Å². The van der Waals surface area contributed by atoms with Crippen LogP contribution in [-0.2, 0) is 6.42 Å². The zero-order valence-electron chi connectivity index (χ0n) is 8.51. The Balaban J connectivity index is 1.68. The van der Waals surface area contributed by atoms with Gasteiger partial charge in [-0.3, -0.25) is 0 Å². The lowest BCUT2D eigenvalue weighted by Gasteiger charge is -2.03. The van der Waals surface area contributed by atoms with Crippen molar-refractivity contribution in [1.29, 1.82) is 0 Å². The van der Waals surface area contributed by atoms with E-state index in [1.165, 1.54) is 16.9 Å². The Hall–Kier alpha value is -1.33. The van der Waals surface area contributed by atoms with E-state index in [2.05, 4.69) is 16.8 Å². The fraction of sp³-hybridized carbons (Fsp3) is 0.182. The summed E-state index contributed by atoms with van der Waals surface area (Å²) >= 11 is 3.16.